The Balaban J connectivity index is 0. The van der Waals surface area contributed by atoms with E-state index in [1.807, 2.05) is 0 Å². The lowest BCUT2D eigenvalue weighted by molar-refractivity contribution is 0.886. The van der Waals surface area contributed by atoms with Gasteiger partial charge in [-0.05, 0) is 0 Å². The van der Waals surface area contributed by atoms with Crippen LogP contribution >= 0.6 is 23.2 Å². The normalized spacial score (nSPS) is 6.00. The van der Waals surface area contributed by atoms with Crippen LogP contribution in [-0.4, -0.2) is 0 Å². The highest BCUT2D eigenvalue weighted by Crippen LogP contribution is 1.76. The van der Waals surface area contributed by atoms with Crippen LogP contribution in [0.2, 0.25) is 0 Å². The Kier molecular flexibility index (Phi) is 28.4. The minimum atomic E-state index is 0.650. The van der Waals surface area contributed by atoms with Crippen LogP contribution < -0.4 is 0 Å². The molecule has 0 unspecified atom stereocenters. The standard InChI is InChI=1S/C4H10.FI/c1-3-4-2;1-2/h3-4H2,1-2H3;. The first-order valence-corrected chi connectivity index (χ1v) is 2.87. The van der Waals surface area contributed by atoms with Gasteiger partial charge < -0.3 is 0 Å². The van der Waals surface area contributed by atoms with Gasteiger partial charge in [-0.3, -0.25) is 0 Å². The summed E-state index contributed by atoms with van der Waals surface area (Å²) >= 11 is 0.650. The van der Waals surface area contributed by atoms with Crippen LogP contribution in [0.1, 0.15) is 26.7 Å². The van der Waals surface area contributed by atoms with Crippen molar-refractivity contribution >= 4 is 23.2 Å². The second-order valence-electron chi connectivity index (χ2n) is 1.000. The molecular formula is C4H10FI. The zero-order valence-electron chi connectivity index (χ0n) is 4.17. The summed E-state index contributed by atoms with van der Waals surface area (Å²) < 4.78 is 9.47. The maximum absolute atomic E-state index is 9.47. The molecule has 0 amide bonds. The third-order valence-corrected chi connectivity index (χ3v) is 0.500. The summed E-state index contributed by atoms with van der Waals surface area (Å²) in [7, 11) is 0. The lowest BCUT2D eigenvalue weighted by Crippen LogP contribution is -1.47. The number of halogens is 2. The molecule has 0 spiro atoms. The van der Waals surface area contributed by atoms with E-state index >= 15 is 0 Å². The van der Waals surface area contributed by atoms with E-state index in [9.17, 15) is 2.86 Å². The molecule has 0 nitrogen and oxygen atoms in total. The van der Waals surface area contributed by atoms with Crippen molar-refractivity contribution in [3.8, 4) is 0 Å². The van der Waals surface area contributed by atoms with E-state index < -0.39 is 0 Å². The van der Waals surface area contributed by atoms with Gasteiger partial charge in [0.15, 0.2) is 23.2 Å². The molecule has 0 rings (SSSR count). The van der Waals surface area contributed by atoms with Crippen molar-refractivity contribution in [3.63, 3.8) is 0 Å². The molecule has 40 valence electrons. The molecule has 0 saturated heterocycles. The van der Waals surface area contributed by atoms with E-state index in [-0.39, 0.29) is 0 Å². The maximum Gasteiger partial charge on any atom is 0.171 e. The van der Waals surface area contributed by atoms with Crippen molar-refractivity contribution in [1.82, 2.24) is 0 Å². The third kappa shape index (κ3) is 22.7. The van der Waals surface area contributed by atoms with E-state index in [1.165, 1.54) is 12.8 Å². The molecule has 0 fully saturated rings. The Morgan fingerprint density at radius 1 is 1.17 bits per heavy atom. The summed E-state index contributed by atoms with van der Waals surface area (Å²) in [6, 6.07) is 0. The second-order valence-corrected chi connectivity index (χ2v) is 1.000. The third-order valence-electron chi connectivity index (χ3n) is 0.500. The van der Waals surface area contributed by atoms with Crippen molar-refractivity contribution in [2.24, 2.45) is 0 Å². The molecule has 0 aliphatic heterocycles. The summed E-state index contributed by atoms with van der Waals surface area (Å²) in [5.41, 5.74) is 0. The molecule has 0 aromatic carbocycles. The van der Waals surface area contributed by atoms with Crippen molar-refractivity contribution in [3.05, 3.63) is 0 Å². The average Bonchev–Trinajstić information content (AvgIpc) is 1.72. The monoisotopic (exact) mass is 204 g/mol. The van der Waals surface area contributed by atoms with Crippen LogP contribution in [-0.2, 0) is 0 Å². The average molecular weight is 204 g/mol. The highest BCUT2D eigenvalue weighted by molar-refractivity contribution is 14.1. The molecule has 0 aromatic rings. The fraction of sp³-hybridized carbons (Fsp3) is 1.00. The van der Waals surface area contributed by atoms with Gasteiger partial charge in [0.25, 0.3) is 0 Å². The van der Waals surface area contributed by atoms with Crippen LogP contribution in [0.25, 0.3) is 0 Å². The molecule has 0 aliphatic rings. The Bertz CT molecular complexity index is 9.51. The first-order valence-electron chi connectivity index (χ1n) is 2.06. The number of hydrogen-bond acceptors (Lipinski definition) is 0. The van der Waals surface area contributed by atoms with E-state index in [1.54, 1.807) is 0 Å². The quantitative estimate of drug-likeness (QED) is 0.575. The lowest BCUT2D eigenvalue weighted by Gasteiger charge is -1.68. The Labute approximate surface area is 53.0 Å². The lowest BCUT2D eigenvalue weighted by atomic mass is 10.4. The molecule has 0 heterocycles. The summed E-state index contributed by atoms with van der Waals surface area (Å²) in [4.78, 5) is 0. The van der Waals surface area contributed by atoms with Gasteiger partial charge in [-0.25, -0.2) is 0 Å². The number of unbranched alkanes of at least 4 members (excludes halogenated alkanes) is 1. The number of rotatable bonds is 1. The van der Waals surface area contributed by atoms with Crippen LogP contribution in [0.4, 0.5) is 2.86 Å². The molecule has 0 atom stereocenters. The van der Waals surface area contributed by atoms with Gasteiger partial charge in [0, 0.05) is 0 Å². The summed E-state index contributed by atoms with van der Waals surface area (Å²) in [6.07, 6.45) is 2.64. The van der Waals surface area contributed by atoms with Gasteiger partial charge in [0.05, 0.1) is 0 Å². The first kappa shape index (κ1) is 9.83. The summed E-state index contributed by atoms with van der Waals surface area (Å²) in [5.74, 6) is 0. The van der Waals surface area contributed by atoms with Crippen molar-refractivity contribution in [2.45, 2.75) is 26.7 Å². The van der Waals surface area contributed by atoms with Gasteiger partial charge >= 0.3 is 0 Å². The van der Waals surface area contributed by atoms with Gasteiger partial charge in [-0.1, -0.05) is 26.7 Å². The summed E-state index contributed by atoms with van der Waals surface area (Å²) in [5, 5.41) is 0. The van der Waals surface area contributed by atoms with E-state index in [4.69, 9.17) is 0 Å². The smallest absolute Gasteiger partial charge is 0.171 e. The fourth-order valence-electron chi connectivity index (χ4n) is 0. The molecule has 6 heavy (non-hydrogen) atoms. The Morgan fingerprint density at radius 3 is 1.33 bits per heavy atom. The second kappa shape index (κ2) is 17.4. The predicted molar refractivity (Wildman–Crippen MR) is 35.7 cm³/mol. The maximum atomic E-state index is 9.47. The zero-order valence-corrected chi connectivity index (χ0v) is 6.33. The van der Waals surface area contributed by atoms with Gasteiger partial charge in [0.2, 0.25) is 0 Å². The fourth-order valence-corrected chi connectivity index (χ4v) is 0. The highest BCUT2D eigenvalue weighted by Gasteiger charge is 1.56. The number of hydrogen-bond donors (Lipinski definition) is 0. The van der Waals surface area contributed by atoms with E-state index in [0.717, 1.165) is 0 Å². The largest absolute Gasteiger partial charge is 0.171 e. The van der Waals surface area contributed by atoms with Crippen LogP contribution in [0.15, 0.2) is 0 Å². The molecule has 0 saturated carbocycles. The predicted octanol–water partition coefficient (Wildman–Crippen LogP) is 3.11. The molecule has 0 N–H and O–H groups in total. The Morgan fingerprint density at radius 2 is 1.33 bits per heavy atom. The molecule has 0 bridgehead atoms. The highest BCUT2D eigenvalue weighted by atomic mass is 127. The van der Waals surface area contributed by atoms with E-state index in [2.05, 4.69) is 13.8 Å². The van der Waals surface area contributed by atoms with Crippen LogP contribution in [0.5, 0.6) is 0 Å². The zero-order chi connectivity index (χ0) is 5.41. The minimum absolute atomic E-state index is 0.650. The Hall–Kier alpha value is 0.660. The first-order chi connectivity index (χ1) is 2.91. The summed E-state index contributed by atoms with van der Waals surface area (Å²) in [6.45, 7) is 4.36. The van der Waals surface area contributed by atoms with Gasteiger partial charge in [-0.2, -0.15) is 2.86 Å². The van der Waals surface area contributed by atoms with E-state index in [0.29, 0.717) is 23.2 Å². The molecule has 0 aromatic heterocycles. The van der Waals surface area contributed by atoms with Crippen molar-refractivity contribution in [2.75, 3.05) is 0 Å². The van der Waals surface area contributed by atoms with Crippen molar-refractivity contribution in [1.29, 1.82) is 0 Å². The van der Waals surface area contributed by atoms with Crippen LogP contribution in [0, 0.1) is 0 Å². The van der Waals surface area contributed by atoms with Crippen LogP contribution in [0.3, 0.4) is 0 Å². The minimum Gasteiger partial charge on any atom is -0.171 e. The topological polar surface area (TPSA) is 0 Å². The van der Waals surface area contributed by atoms with Crippen molar-refractivity contribution < 1.29 is 2.86 Å². The molecular weight excluding hydrogens is 194 g/mol. The van der Waals surface area contributed by atoms with Gasteiger partial charge in [0.1, 0.15) is 0 Å². The molecule has 0 aliphatic carbocycles. The van der Waals surface area contributed by atoms with Gasteiger partial charge in [-0.15, -0.1) is 0 Å². The molecule has 2 heteroatoms. The SMILES string of the molecule is CCCC.FI. The molecule has 0 radical (unpaired) electrons.